The predicted octanol–water partition coefficient (Wildman–Crippen LogP) is 4.77. The number of nitriles is 2. The van der Waals surface area contributed by atoms with Crippen LogP contribution in [0.15, 0.2) is 46.9 Å². The van der Waals surface area contributed by atoms with Gasteiger partial charge in [0.05, 0.1) is 32.3 Å². The summed E-state index contributed by atoms with van der Waals surface area (Å²) in [5, 5.41) is 18.9. The molecule has 0 fully saturated rings. The molecule has 2 unspecified atom stereocenters. The van der Waals surface area contributed by atoms with E-state index in [1.165, 1.54) is 0 Å². The molecule has 0 aromatic heterocycles. The van der Waals surface area contributed by atoms with Gasteiger partial charge < -0.3 is 9.47 Å². The molecule has 2 aromatic rings. The molecule has 24 heavy (non-hydrogen) atoms. The molecule has 2 rings (SSSR count). The highest BCUT2D eigenvalue weighted by Gasteiger charge is 2.26. The van der Waals surface area contributed by atoms with Gasteiger partial charge in [-0.2, -0.15) is 10.5 Å². The number of ether oxygens (including phenoxy) is 2. The Kier molecular flexibility index (Phi) is 6.23. The number of benzene rings is 2. The normalized spacial score (nSPS) is 12.5. The highest BCUT2D eigenvalue weighted by Crippen LogP contribution is 2.39. The van der Waals surface area contributed by atoms with Gasteiger partial charge in [-0.3, -0.25) is 0 Å². The molecule has 0 saturated heterocycles. The van der Waals surface area contributed by atoms with Crippen molar-refractivity contribution in [2.24, 2.45) is 0 Å². The van der Waals surface area contributed by atoms with Gasteiger partial charge in [0, 0.05) is 16.8 Å². The third kappa shape index (κ3) is 3.88. The van der Waals surface area contributed by atoms with Gasteiger partial charge in [0.25, 0.3) is 0 Å². The minimum absolute atomic E-state index is 0.240. The van der Waals surface area contributed by atoms with Gasteiger partial charge in [0.15, 0.2) is 11.5 Å². The molecule has 0 spiro atoms. The maximum absolute atomic E-state index is 9.71. The zero-order valence-electron chi connectivity index (χ0n) is 13.5. The Morgan fingerprint density at radius 3 is 2.12 bits per heavy atom. The molecule has 0 aliphatic heterocycles. The Morgan fingerprint density at radius 2 is 1.58 bits per heavy atom. The van der Waals surface area contributed by atoms with E-state index in [1.807, 2.05) is 36.4 Å². The molecule has 0 aliphatic rings. The van der Waals surface area contributed by atoms with Gasteiger partial charge in [0.2, 0.25) is 0 Å². The van der Waals surface area contributed by atoms with E-state index in [4.69, 9.17) is 9.47 Å². The lowest BCUT2D eigenvalue weighted by atomic mass is 9.80. The zero-order chi connectivity index (χ0) is 17.5. The van der Waals surface area contributed by atoms with Crippen LogP contribution in [0.4, 0.5) is 0 Å². The number of halogens is 1. The van der Waals surface area contributed by atoms with Crippen LogP contribution in [0.1, 0.15) is 29.4 Å². The molecule has 122 valence electrons. The second-order valence-corrected chi connectivity index (χ2v) is 6.16. The molecule has 0 saturated carbocycles. The molecule has 0 amide bonds. The lowest BCUT2D eigenvalue weighted by molar-refractivity contribution is 0.354. The van der Waals surface area contributed by atoms with Crippen molar-refractivity contribution in [3.63, 3.8) is 0 Å². The maximum Gasteiger partial charge on any atom is 0.160 e. The van der Waals surface area contributed by atoms with Crippen LogP contribution < -0.4 is 9.47 Å². The lowest BCUT2D eigenvalue weighted by Gasteiger charge is -2.21. The van der Waals surface area contributed by atoms with E-state index in [9.17, 15) is 10.5 Å². The van der Waals surface area contributed by atoms with Gasteiger partial charge in [-0.05, 0) is 35.4 Å². The summed E-state index contributed by atoms with van der Waals surface area (Å²) in [6, 6.07) is 17.7. The minimum Gasteiger partial charge on any atom is -0.493 e. The van der Waals surface area contributed by atoms with E-state index in [2.05, 4.69) is 28.1 Å². The summed E-state index contributed by atoms with van der Waals surface area (Å²) < 4.78 is 11.5. The van der Waals surface area contributed by atoms with Crippen molar-refractivity contribution in [1.82, 2.24) is 0 Å². The van der Waals surface area contributed by atoms with Crippen LogP contribution in [0.2, 0.25) is 0 Å². The molecule has 0 N–H and O–H groups in total. The van der Waals surface area contributed by atoms with Crippen LogP contribution in [-0.2, 0) is 0 Å². The molecule has 2 aromatic carbocycles. The molecule has 0 aliphatic carbocycles. The molecule has 0 bridgehead atoms. The second-order valence-electron chi connectivity index (χ2n) is 5.24. The third-order valence-corrected chi connectivity index (χ3v) is 4.45. The number of hydrogen-bond donors (Lipinski definition) is 0. The smallest absolute Gasteiger partial charge is 0.160 e. The first kappa shape index (κ1) is 17.8. The number of hydrogen-bond acceptors (Lipinski definition) is 4. The topological polar surface area (TPSA) is 66.0 Å². The Bertz CT molecular complexity index is 775. The van der Waals surface area contributed by atoms with E-state index in [-0.39, 0.29) is 12.3 Å². The SMILES string of the molecule is COc1ccc(C(CC#N)C(C#N)c2ccc(Br)cc2)cc1OC. The highest BCUT2D eigenvalue weighted by molar-refractivity contribution is 9.10. The Hall–Kier alpha value is -2.50. The molecular formula is C19H17BrN2O2. The monoisotopic (exact) mass is 384 g/mol. The fourth-order valence-corrected chi connectivity index (χ4v) is 2.94. The van der Waals surface area contributed by atoms with Crippen LogP contribution in [0.5, 0.6) is 11.5 Å². The summed E-state index contributed by atoms with van der Waals surface area (Å²) >= 11 is 3.40. The van der Waals surface area contributed by atoms with E-state index in [0.29, 0.717) is 11.5 Å². The number of methoxy groups -OCH3 is 2. The van der Waals surface area contributed by atoms with Crippen molar-refractivity contribution < 1.29 is 9.47 Å². The average Bonchev–Trinajstić information content (AvgIpc) is 2.62. The fourth-order valence-electron chi connectivity index (χ4n) is 2.68. The van der Waals surface area contributed by atoms with E-state index >= 15 is 0 Å². The van der Waals surface area contributed by atoms with Crippen LogP contribution in [0.3, 0.4) is 0 Å². The van der Waals surface area contributed by atoms with Gasteiger partial charge in [-0.15, -0.1) is 0 Å². The Labute approximate surface area is 150 Å². The maximum atomic E-state index is 9.71. The zero-order valence-corrected chi connectivity index (χ0v) is 15.1. The van der Waals surface area contributed by atoms with E-state index < -0.39 is 5.92 Å². The molecule has 0 radical (unpaired) electrons. The molecule has 5 heteroatoms. The second kappa shape index (κ2) is 8.38. The average molecular weight is 385 g/mol. The van der Waals surface area contributed by atoms with Gasteiger partial charge in [-0.25, -0.2) is 0 Å². The summed E-state index contributed by atoms with van der Waals surface area (Å²) in [6.07, 6.45) is 0.240. The van der Waals surface area contributed by atoms with Crippen LogP contribution in [0.25, 0.3) is 0 Å². The molecule has 0 heterocycles. The van der Waals surface area contributed by atoms with Crippen molar-refractivity contribution >= 4 is 15.9 Å². The summed E-state index contributed by atoms with van der Waals surface area (Å²) in [5.41, 5.74) is 1.76. The summed E-state index contributed by atoms with van der Waals surface area (Å²) in [5.74, 6) is 0.538. The third-order valence-electron chi connectivity index (χ3n) is 3.92. The first-order chi connectivity index (χ1) is 11.6. The van der Waals surface area contributed by atoms with Crippen LogP contribution in [0, 0.1) is 22.7 Å². The highest BCUT2D eigenvalue weighted by atomic mass is 79.9. The van der Waals surface area contributed by atoms with E-state index in [0.717, 1.165) is 15.6 Å². The molecule has 2 atom stereocenters. The lowest BCUT2D eigenvalue weighted by Crippen LogP contribution is -2.10. The summed E-state index contributed by atoms with van der Waals surface area (Å²) in [6.45, 7) is 0. The van der Waals surface area contributed by atoms with Crippen molar-refractivity contribution in [2.45, 2.75) is 18.3 Å². The first-order valence-electron chi connectivity index (χ1n) is 7.38. The number of nitrogens with zero attached hydrogens (tertiary/aromatic N) is 2. The molecule has 4 nitrogen and oxygen atoms in total. The fraction of sp³-hybridized carbons (Fsp3) is 0.263. The van der Waals surface area contributed by atoms with Crippen LogP contribution >= 0.6 is 15.9 Å². The Morgan fingerprint density at radius 1 is 0.958 bits per heavy atom. The van der Waals surface area contributed by atoms with Crippen molar-refractivity contribution in [3.8, 4) is 23.6 Å². The van der Waals surface area contributed by atoms with Gasteiger partial charge in [0.1, 0.15) is 0 Å². The minimum atomic E-state index is -0.421. The van der Waals surface area contributed by atoms with Crippen molar-refractivity contribution in [1.29, 1.82) is 10.5 Å². The Balaban J connectivity index is 2.46. The van der Waals surface area contributed by atoms with E-state index in [1.54, 1.807) is 20.3 Å². The summed E-state index contributed by atoms with van der Waals surface area (Å²) in [7, 11) is 3.14. The van der Waals surface area contributed by atoms with Crippen LogP contribution in [-0.4, -0.2) is 14.2 Å². The molecular weight excluding hydrogens is 368 g/mol. The predicted molar refractivity (Wildman–Crippen MR) is 95.0 cm³/mol. The number of rotatable bonds is 6. The largest absolute Gasteiger partial charge is 0.493 e. The van der Waals surface area contributed by atoms with Crippen molar-refractivity contribution in [3.05, 3.63) is 58.1 Å². The quantitative estimate of drug-likeness (QED) is 0.718. The van der Waals surface area contributed by atoms with Gasteiger partial charge >= 0.3 is 0 Å². The summed E-state index contributed by atoms with van der Waals surface area (Å²) in [4.78, 5) is 0. The van der Waals surface area contributed by atoms with Crippen molar-refractivity contribution in [2.75, 3.05) is 14.2 Å². The standard InChI is InChI=1S/C19H17BrN2O2/c1-23-18-8-5-14(11-19(18)24-2)16(9-10-21)17(12-22)13-3-6-15(20)7-4-13/h3-8,11,16-17H,9H2,1-2H3. The first-order valence-corrected chi connectivity index (χ1v) is 8.17. The van der Waals surface area contributed by atoms with Gasteiger partial charge in [-0.1, -0.05) is 34.1 Å².